The summed E-state index contributed by atoms with van der Waals surface area (Å²) in [7, 11) is 0. The van der Waals surface area contributed by atoms with Crippen LogP contribution in [0.4, 0.5) is 0 Å². The molecule has 0 aliphatic heterocycles. The van der Waals surface area contributed by atoms with Crippen molar-refractivity contribution in [1.82, 2.24) is 4.57 Å². The molecule has 0 aliphatic carbocycles. The maximum absolute atomic E-state index is 11.3. The van der Waals surface area contributed by atoms with E-state index in [1.54, 1.807) is 12.1 Å². The standard InChI is InChI=1S/C23H21N3O/c1-15-4-6-18(7-5-15)21(14-24)13-20-12-16(2)26(17(20)3)22-10-8-19(9-11-22)23(25)27/h4-13H,1-3H3,(H2,25,27)/b21-13-. The lowest BCUT2D eigenvalue weighted by Crippen LogP contribution is -2.10. The molecule has 0 atom stereocenters. The van der Waals surface area contributed by atoms with Gasteiger partial charge in [0, 0.05) is 22.6 Å². The minimum Gasteiger partial charge on any atom is -0.366 e. The van der Waals surface area contributed by atoms with Crippen molar-refractivity contribution in [3.63, 3.8) is 0 Å². The van der Waals surface area contributed by atoms with Crippen molar-refractivity contribution in [3.8, 4) is 11.8 Å². The van der Waals surface area contributed by atoms with Crippen LogP contribution in [-0.4, -0.2) is 10.5 Å². The lowest BCUT2D eigenvalue weighted by atomic mass is 10.0. The highest BCUT2D eigenvalue weighted by molar-refractivity contribution is 5.93. The van der Waals surface area contributed by atoms with Crippen molar-refractivity contribution >= 4 is 17.6 Å². The van der Waals surface area contributed by atoms with E-state index in [1.165, 1.54) is 0 Å². The Morgan fingerprint density at radius 1 is 1.00 bits per heavy atom. The normalized spacial score (nSPS) is 11.3. The van der Waals surface area contributed by atoms with Crippen molar-refractivity contribution in [2.45, 2.75) is 20.8 Å². The van der Waals surface area contributed by atoms with Crippen LogP contribution in [0.2, 0.25) is 0 Å². The third kappa shape index (κ3) is 3.68. The summed E-state index contributed by atoms with van der Waals surface area (Å²) in [6, 6.07) is 19.5. The first-order chi connectivity index (χ1) is 12.9. The van der Waals surface area contributed by atoms with Crippen LogP contribution in [0.15, 0.2) is 54.6 Å². The number of nitrogens with two attached hydrogens (primary N) is 1. The highest BCUT2D eigenvalue weighted by Gasteiger charge is 2.11. The van der Waals surface area contributed by atoms with E-state index in [0.717, 1.165) is 33.8 Å². The average Bonchev–Trinajstić information content (AvgIpc) is 2.94. The van der Waals surface area contributed by atoms with Gasteiger partial charge in [-0.15, -0.1) is 0 Å². The van der Waals surface area contributed by atoms with E-state index < -0.39 is 5.91 Å². The molecule has 27 heavy (non-hydrogen) atoms. The van der Waals surface area contributed by atoms with Crippen LogP contribution in [0.1, 0.15) is 38.4 Å². The number of rotatable bonds is 4. The summed E-state index contributed by atoms with van der Waals surface area (Å²) in [6.45, 7) is 6.06. The Morgan fingerprint density at radius 2 is 1.59 bits per heavy atom. The molecule has 3 aromatic rings. The maximum atomic E-state index is 11.3. The number of carbonyl (C=O) groups is 1. The maximum Gasteiger partial charge on any atom is 0.248 e. The number of benzene rings is 2. The molecule has 0 saturated carbocycles. The summed E-state index contributed by atoms with van der Waals surface area (Å²) in [5.41, 5.74) is 12.5. The van der Waals surface area contributed by atoms with Gasteiger partial charge in [-0.2, -0.15) is 5.26 Å². The molecule has 1 amide bonds. The number of nitriles is 1. The average molecular weight is 355 g/mol. The van der Waals surface area contributed by atoms with E-state index in [1.807, 2.05) is 63.2 Å². The van der Waals surface area contributed by atoms with Crippen molar-refractivity contribution in [3.05, 3.63) is 88.2 Å². The number of allylic oxidation sites excluding steroid dienone is 1. The quantitative estimate of drug-likeness (QED) is 0.697. The molecule has 1 aromatic heterocycles. The number of aryl methyl sites for hydroxylation is 2. The summed E-state index contributed by atoms with van der Waals surface area (Å²) in [4.78, 5) is 11.3. The van der Waals surface area contributed by atoms with Crippen LogP contribution in [0.3, 0.4) is 0 Å². The van der Waals surface area contributed by atoms with E-state index in [4.69, 9.17) is 5.73 Å². The van der Waals surface area contributed by atoms with E-state index in [9.17, 15) is 10.1 Å². The van der Waals surface area contributed by atoms with Gasteiger partial charge in [-0.3, -0.25) is 4.79 Å². The molecule has 4 heteroatoms. The van der Waals surface area contributed by atoms with Gasteiger partial charge >= 0.3 is 0 Å². The number of aromatic nitrogens is 1. The van der Waals surface area contributed by atoms with Gasteiger partial charge in [0.25, 0.3) is 0 Å². The van der Waals surface area contributed by atoms with E-state index in [-0.39, 0.29) is 0 Å². The lowest BCUT2D eigenvalue weighted by molar-refractivity contribution is 0.100. The molecule has 0 radical (unpaired) electrons. The lowest BCUT2D eigenvalue weighted by Gasteiger charge is -2.10. The van der Waals surface area contributed by atoms with Gasteiger partial charge in [0.15, 0.2) is 0 Å². The Morgan fingerprint density at radius 3 is 2.15 bits per heavy atom. The number of nitrogens with zero attached hydrogens (tertiary/aromatic N) is 2. The molecule has 134 valence electrons. The first-order valence-corrected chi connectivity index (χ1v) is 8.68. The fourth-order valence-electron chi connectivity index (χ4n) is 3.17. The molecule has 3 rings (SSSR count). The third-order valence-corrected chi connectivity index (χ3v) is 4.66. The second-order valence-electron chi connectivity index (χ2n) is 6.61. The molecule has 2 N–H and O–H groups in total. The van der Waals surface area contributed by atoms with Crippen molar-refractivity contribution in [2.24, 2.45) is 5.73 Å². The van der Waals surface area contributed by atoms with Crippen LogP contribution in [0.25, 0.3) is 17.3 Å². The molecule has 0 saturated heterocycles. The fraction of sp³-hybridized carbons (Fsp3) is 0.130. The summed E-state index contributed by atoms with van der Waals surface area (Å²) in [5.74, 6) is -0.442. The van der Waals surface area contributed by atoms with Crippen LogP contribution in [0, 0.1) is 32.1 Å². The second kappa shape index (κ2) is 7.35. The zero-order valence-corrected chi connectivity index (χ0v) is 15.7. The first-order valence-electron chi connectivity index (χ1n) is 8.68. The fourth-order valence-corrected chi connectivity index (χ4v) is 3.17. The Bertz CT molecular complexity index is 1060. The Balaban J connectivity index is 2.03. The van der Waals surface area contributed by atoms with Crippen LogP contribution in [0.5, 0.6) is 0 Å². The summed E-state index contributed by atoms with van der Waals surface area (Å²) in [6.07, 6.45) is 1.92. The van der Waals surface area contributed by atoms with Crippen LogP contribution >= 0.6 is 0 Å². The monoisotopic (exact) mass is 355 g/mol. The summed E-state index contributed by atoms with van der Waals surface area (Å²) in [5, 5.41) is 9.61. The number of carbonyl (C=O) groups excluding carboxylic acids is 1. The molecule has 2 aromatic carbocycles. The minimum absolute atomic E-state index is 0.442. The largest absolute Gasteiger partial charge is 0.366 e. The SMILES string of the molecule is Cc1ccc(/C(C#N)=C\c2cc(C)n(-c3ccc(C(N)=O)cc3)c2C)cc1. The highest BCUT2D eigenvalue weighted by Crippen LogP contribution is 2.25. The summed E-state index contributed by atoms with van der Waals surface area (Å²) < 4.78 is 2.10. The number of hydrogen-bond acceptors (Lipinski definition) is 2. The first kappa shape index (κ1) is 18.2. The topological polar surface area (TPSA) is 71.8 Å². The molecule has 0 unspecified atom stereocenters. The second-order valence-corrected chi connectivity index (χ2v) is 6.61. The molecule has 0 fully saturated rings. The Kier molecular flexibility index (Phi) is 4.96. The van der Waals surface area contributed by atoms with Gasteiger partial charge in [-0.05, 0) is 68.3 Å². The van der Waals surface area contributed by atoms with Crippen LogP contribution in [-0.2, 0) is 0 Å². The van der Waals surface area contributed by atoms with E-state index in [2.05, 4.69) is 16.7 Å². The Hall–Kier alpha value is -3.58. The zero-order chi connectivity index (χ0) is 19.6. The predicted molar refractivity (Wildman–Crippen MR) is 108 cm³/mol. The van der Waals surface area contributed by atoms with Gasteiger partial charge in [-0.25, -0.2) is 0 Å². The molecule has 4 nitrogen and oxygen atoms in total. The number of hydrogen-bond donors (Lipinski definition) is 1. The van der Waals surface area contributed by atoms with Gasteiger partial charge in [0.2, 0.25) is 5.91 Å². The van der Waals surface area contributed by atoms with Gasteiger partial charge < -0.3 is 10.3 Å². The summed E-state index contributed by atoms with van der Waals surface area (Å²) >= 11 is 0. The third-order valence-electron chi connectivity index (χ3n) is 4.66. The van der Waals surface area contributed by atoms with Crippen molar-refractivity contribution in [2.75, 3.05) is 0 Å². The molecular formula is C23H21N3O. The van der Waals surface area contributed by atoms with Gasteiger partial charge in [0.1, 0.15) is 0 Å². The molecule has 0 aliphatic rings. The number of primary amides is 1. The van der Waals surface area contributed by atoms with E-state index >= 15 is 0 Å². The smallest absolute Gasteiger partial charge is 0.248 e. The predicted octanol–water partition coefficient (Wildman–Crippen LogP) is 4.57. The van der Waals surface area contributed by atoms with E-state index in [0.29, 0.717) is 11.1 Å². The minimum atomic E-state index is -0.442. The zero-order valence-electron chi connectivity index (χ0n) is 15.7. The van der Waals surface area contributed by atoms with Crippen molar-refractivity contribution in [1.29, 1.82) is 5.26 Å². The molecule has 0 bridgehead atoms. The van der Waals surface area contributed by atoms with Gasteiger partial charge in [0.05, 0.1) is 11.6 Å². The highest BCUT2D eigenvalue weighted by atomic mass is 16.1. The molecule has 0 spiro atoms. The number of amides is 1. The van der Waals surface area contributed by atoms with Crippen molar-refractivity contribution < 1.29 is 4.79 Å². The molecule has 1 heterocycles. The van der Waals surface area contributed by atoms with Crippen LogP contribution < -0.4 is 5.73 Å². The molecular weight excluding hydrogens is 334 g/mol. The Labute approximate surface area is 159 Å². The van der Waals surface area contributed by atoms with Gasteiger partial charge in [-0.1, -0.05) is 29.8 Å².